The zero-order chi connectivity index (χ0) is 10.7. The Morgan fingerprint density at radius 2 is 1.69 bits per heavy atom. The lowest BCUT2D eigenvalue weighted by Crippen LogP contribution is -1.94. The minimum absolute atomic E-state index is 0.984. The molecule has 1 unspecified atom stereocenters. The summed E-state index contributed by atoms with van der Waals surface area (Å²) in [5.74, 6) is 0. The first-order valence-corrected chi connectivity index (χ1v) is 5.81. The van der Waals surface area contributed by atoms with Gasteiger partial charge in [0.2, 0.25) is 0 Å². The van der Waals surface area contributed by atoms with Crippen LogP contribution < -0.4 is 0 Å². The summed E-state index contributed by atoms with van der Waals surface area (Å²) >= 11 is 0. The second kappa shape index (κ2) is 4.38. The largest absolute Gasteiger partial charge is 0.434 e. The molecule has 1 rings (SSSR count). The van der Waals surface area contributed by atoms with Crippen LogP contribution in [0.4, 0.5) is 13.2 Å². The molecule has 1 fully saturated rings. The van der Waals surface area contributed by atoms with Gasteiger partial charge in [-0.1, -0.05) is 4.33 Å². The van der Waals surface area contributed by atoms with Crippen LogP contribution in [0.5, 0.6) is 0 Å². The summed E-state index contributed by atoms with van der Waals surface area (Å²) in [7, 11) is -7.61. The molecule has 6 nitrogen and oxygen atoms in total. The van der Waals surface area contributed by atoms with Crippen LogP contribution in [-0.4, -0.2) is 21.8 Å². The predicted octanol–water partition coefficient (Wildman–Crippen LogP) is 1.21. The molecule has 0 aromatic heterocycles. The molecular formula is C2H4F3O6PS. The van der Waals surface area contributed by atoms with E-state index >= 15 is 0 Å². The van der Waals surface area contributed by atoms with Crippen molar-refractivity contribution in [3.05, 3.63) is 0 Å². The van der Waals surface area contributed by atoms with Crippen molar-refractivity contribution in [3.8, 4) is 0 Å². The van der Waals surface area contributed by atoms with Gasteiger partial charge in [-0.15, -0.1) is 4.67 Å². The highest BCUT2D eigenvalue weighted by molar-refractivity contribution is 7.88. The van der Waals surface area contributed by atoms with E-state index in [4.69, 9.17) is 0 Å². The standard InChI is InChI=1S/CHF3.CH3O6PS/c2-1(3)4;1-8(2)5-6-9(3,4)7-8/h1H;1H3. The summed E-state index contributed by atoms with van der Waals surface area (Å²) in [5, 5.41) is 0. The van der Waals surface area contributed by atoms with Gasteiger partial charge in [0, 0.05) is 6.66 Å². The predicted molar refractivity (Wildman–Crippen MR) is 32.8 cm³/mol. The first-order valence-electron chi connectivity index (χ1n) is 2.48. The number of rotatable bonds is 0. The zero-order valence-corrected chi connectivity index (χ0v) is 7.73. The maximum atomic E-state index is 10.5. The van der Waals surface area contributed by atoms with Gasteiger partial charge < -0.3 is 0 Å². The highest BCUT2D eigenvalue weighted by atomic mass is 32.3. The molecule has 1 aliphatic rings. The van der Waals surface area contributed by atoms with Gasteiger partial charge in [-0.05, 0) is 0 Å². The molecule has 0 aromatic rings. The number of hydrogen-bond donors (Lipinski definition) is 0. The molecule has 1 aliphatic heterocycles. The average molecular weight is 244 g/mol. The fourth-order valence-electron chi connectivity index (χ4n) is 0.283. The van der Waals surface area contributed by atoms with Crippen molar-refractivity contribution in [3.63, 3.8) is 0 Å². The van der Waals surface area contributed by atoms with Gasteiger partial charge in [0.05, 0.1) is 0 Å². The number of halogens is 3. The van der Waals surface area contributed by atoms with Crippen LogP contribution in [0.25, 0.3) is 0 Å². The average Bonchev–Trinajstić information content (AvgIpc) is 2.02. The summed E-state index contributed by atoms with van der Waals surface area (Å²) in [6.07, 6.45) is 0. The highest BCUT2D eigenvalue weighted by Gasteiger charge is 2.38. The summed E-state index contributed by atoms with van der Waals surface area (Å²) in [6, 6.07) is 0. The second-order valence-corrected chi connectivity index (χ2v) is 4.88. The molecule has 0 N–H and O–H groups in total. The van der Waals surface area contributed by atoms with Crippen LogP contribution >= 0.6 is 7.60 Å². The Morgan fingerprint density at radius 1 is 1.31 bits per heavy atom. The molecule has 0 amide bonds. The van der Waals surface area contributed by atoms with E-state index in [1.165, 1.54) is 0 Å². The Balaban J connectivity index is 0.000000310. The molecule has 0 radical (unpaired) electrons. The van der Waals surface area contributed by atoms with Gasteiger partial charge in [-0.25, -0.2) is 0 Å². The van der Waals surface area contributed by atoms with Crippen molar-refractivity contribution in [1.82, 2.24) is 0 Å². The van der Waals surface area contributed by atoms with Crippen molar-refractivity contribution in [2.75, 3.05) is 6.66 Å². The minimum atomic E-state index is -4.14. The van der Waals surface area contributed by atoms with Gasteiger partial charge in [0.15, 0.2) is 0 Å². The van der Waals surface area contributed by atoms with Gasteiger partial charge in [0.1, 0.15) is 0 Å². The molecule has 13 heavy (non-hydrogen) atoms. The molecule has 0 bridgehead atoms. The van der Waals surface area contributed by atoms with E-state index in [1.54, 1.807) is 0 Å². The third-order valence-electron chi connectivity index (χ3n) is 0.476. The number of hydrogen-bond acceptors (Lipinski definition) is 6. The molecule has 0 aliphatic carbocycles. The van der Waals surface area contributed by atoms with Crippen LogP contribution in [0.2, 0.25) is 0 Å². The number of alkyl halides is 3. The highest BCUT2D eigenvalue weighted by Crippen LogP contribution is 2.51. The van der Waals surface area contributed by atoms with Gasteiger partial charge in [0.25, 0.3) is 0 Å². The van der Waals surface area contributed by atoms with Crippen LogP contribution in [-0.2, 0) is 27.9 Å². The molecule has 1 saturated heterocycles. The normalized spacial score (nSPS) is 31.2. The van der Waals surface area contributed by atoms with Crippen LogP contribution in [0.1, 0.15) is 0 Å². The zero-order valence-electron chi connectivity index (χ0n) is 6.02. The fraction of sp³-hybridized carbons (Fsp3) is 1.00. The molecule has 0 spiro atoms. The third-order valence-corrected chi connectivity index (χ3v) is 2.97. The van der Waals surface area contributed by atoms with Crippen LogP contribution in [0.15, 0.2) is 0 Å². The Labute approximate surface area is 71.4 Å². The van der Waals surface area contributed by atoms with Crippen molar-refractivity contribution in [1.29, 1.82) is 0 Å². The van der Waals surface area contributed by atoms with E-state index in [9.17, 15) is 26.2 Å². The van der Waals surface area contributed by atoms with E-state index < -0.39 is 24.7 Å². The van der Waals surface area contributed by atoms with Crippen LogP contribution in [0.3, 0.4) is 0 Å². The van der Waals surface area contributed by atoms with Crippen LogP contribution in [0, 0.1) is 0 Å². The van der Waals surface area contributed by atoms with E-state index in [0.717, 1.165) is 6.66 Å². The summed E-state index contributed by atoms with van der Waals surface area (Å²) in [4.78, 5) is 0. The monoisotopic (exact) mass is 244 g/mol. The Morgan fingerprint density at radius 3 is 1.77 bits per heavy atom. The topological polar surface area (TPSA) is 78.9 Å². The molecule has 1 heterocycles. The molecule has 11 heteroatoms. The lowest BCUT2D eigenvalue weighted by atomic mass is 11.6. The first-order chi connectivity index (χ1) is 5.65. The van der Waals surface area contributed by atoms with E-state index in [-0.39, 0.29) is 0 Å². The molecule has 0 aromatic carbocycles. The van der Waals surface area contributed by atoms with Crippen molar-refractivity contribution >= 4 is 18.0 Å². The molecular weight excluding hydrogens is 240 g/mol. The Hall–Kier alpha value is -0.150. The molecule has 0 saturated carbocycles. The van der Waals surface area contributed by atoms with Crippen molar-refractivity contribution < 1.29 is 39.1 Å². The van der Waals surface area contributed by atoms with Crippen molar-refractivity contribution in [2.45, 2.75) is 6.68 Å². The Kier molecular flexibility index (Phi) is 4.33. The first kappa shape index (κ1) is 12.8. The summed E-state index contributed by atoms with van der Waals surface area (Å²) in [5.41, 5.74) is 0. The fourth-order valence-corrected chi connectivity index (χ4v) is 2.55. The van der Waals surface area contributed by atoms with E-state index in [0.29, 0.717) is 0 Å². The second-order valence-electron chi connectivity index (χ2n) is 1.64. The molecule has 80 valence electrons. The maximum Gasteiger partial charge on any atom is 0.434 e. The summed E-state index contributed by atoms with van der Waals surface area (Å²) < 4.78 is 70.9. The third kappa shape index (κ3) is 6.96. The SMILES string of the molecule is CP1(=O)OOS(=O)(=O)O1.FC(F)F. The van der Waals surface area contributed by atoms with Gasteiger partial charge in [-0.2, -0.15) is 25.6 Å². The van der Waals surface area contributed by atoms with Gasteiger partial charge in [-0.3, -0.25) is 4.57 Å². The van der Waals surface area contributed by atoms with E-state index in [2.05, 4.69) is 13.0 Å². The maximum absolute atomic E-state index is 10.5. The van der Waals surface area contributed by atoms with Gasteiger partial charge >= 0.3 is 24.7 Å². The molecule has 1 atom stereocenters. The van der Waals surface area contributed by atoms with E-state index in [1.807, 2.05) is 0 Å². The lowest BCUT2D eigenvalue weighted by molar-refractivity contribution is -0.0779. The smallest absolute Gasteiger partial charge is 0.257 e. The lowest BCUT2D eigenvalue weighted by Gasteiger charge is -1.89. The van der Waals surface area contributed by atoms with Crippen molar-refractivity contribution in [2.24, 2.45) is 0 Å². The Bertz CT molecular complexity index is 296. The quantitative estimate of drug-likeness (QED) is 0.470. The summed E-state index contributed by atoms with van der Waals surface area (Å²) in [6.45, 7) is -2.68. The minimum Gasteiger partial charge on any atom is -0.257 e.